The van der Waals surface area contributed by atoms with E-state index in [4.69, 9.17) is 4.42 Å². The molecule has 0 bridgehead atoms. The highest BCUT2D eigenvalue weighted by Crippen LogP contribution is 2.35. The van der Waals surface area contributed by atoms with Crippen molar-refractivity contribution in [1.29, 1.82) is 0 Å². The molecule has 4 heteroatoms. The van der Waals surface area contributed by atoms with E-state index >= 15 is 0 Å². The lowest BCUT2D eigenvalue weighted by atomic mass is 9.86. The Labute approximate surface area is 131 Å². The minimum Gasteiger partial charge on any atom is -0.468 e. The van der Waals surface area contributed by atoms with Gasteiger partial charge >= 0.3 is 0 Å². The quantitative estimate of drug-likeness (QED) is 0.794. The van der Waals surface area contributed by atoms with E-state index in [0.717, 1.165) is 17.4 Å². The van der Waals surface area contributed by atoms with Crippen molar-refractivity contribution in [3.63, 3.8) is 0 Å². The highest BCUT2D eigenvalue weighted by Gasteiger charge is 2.38. The van der Waals surface area contributed by atoms with Crippen LogP contribution in [0, 0.1) is 5.92 Å². The molecule has 0 N–H and O–H groups in total. The van der Waals surface area contributed by atoms with Crippen molar-refractivity contribution in [1.82, 2.24) is 4.90 Å². The van der Waals surface area contributed by atoms with Crippen molar-refractivity contribution in [3.8, 4) is 0 Å². The van der Waals surface area contributed by atoms with E-state index in [2.05, 4.69) is 11.8 Å². The molecule has 0 radical (unpaired) electrons. The van der Waals surface area contributed by atoms with Crippen LogP contribution in [0.15, 0.2) is 22.8 Å². The second kappa shape index (κ2) is 6.91. The fourth-order valence-corrected chi connectivity index (χ4v) is 4.08. The number of furan rings is 1. The number of carbonyl (C=O) groups is 1. The lowest BCUT2D eigenvalue weighted by Crippen LogP contribution is -2.44. The van der Waals surface area contributed by atoms with Crippen LogP contribution in [0.3, 0.4) is 0 Å². The van der Waals surface area contributed by atoms with Gasteiger partial charge in [0.1, 0.15) is 5.76 Å². The Hall–Kier alpha value is -0.900. The molecule has 0 aliphatic heterocycles. The largest absolute Gasteiger partial charge is 0.468 e. The summed E-state index contributed by atoms with van der Waals surface area (Å²) in [6.45, 7) is 2.33. The van der Waals surface area contributed by atoms with Gasteiger partial charge in [-0.15, -0.1) is 11.8 Å². The molecule has 2 aliphatic carbocycles. The Balaban J connectivity index is 1.50. The number of nitrogens with zero attached hydrogens (tertiary/aromatic N) is 1. The molecule has 3 rings (SSSR count). The van der Waals surface area contributed by atoms with Crippen molar-refractivity contribution < 1.29 is 9.21 Å². The molecule has 1 aromatic heterocycles. The van der Waals surface area contributed by atoms with Crippen molar-refractivity contribution in [3.05, 3.63) is 24.2 Å². The maximum atomic E-state index is 12.6. The molecule has 0 atom stereocenters. The Morgan fingerprint density at radius 3 is 2.48 bits per heavy atom. The first-order chi connectivity index (χ1) is 10.2. The molecule has 2 fully saturated rings. The zero-order valence-electron chi connectivity index (χ0n) is 12.8. The van der Waals surface area contributed by atoms with Crippen LogP contribution in [0.25, 0.3) is 0 Å². The highest BCUT2D eigenvalue weighted by molar-refractivity contribution is 7.99. The number of hydrogen-bond acceptors (Lipinski definition) is 3. The van der Waals surface area contributed by atoms with E-state index < -0.39 is 0 Å². The summed E-state index contributed by atoms with van der Waals surface area (Å²) in [6.07, 6.45) is 9.07. The molecule has 0 unspecified atom stereocenters. The molecule has 0 spiro atoms. The maximum Gasteiger partial charge on any atom is 0.233 e. The van der Waals surface area contributed by atoms with Gasteiger partial charge in [-0.25, -0.2) is 0 Å². The second-order valence-electron chi connectivity index (χ2n) is 6.52. The first-order valence-electron chi connectivity index (χ1n) is 8.15. The molecule has 2 saturated carbocycles. The van der Waals surface area contributed by atoms with Crippen molar-refractivity contribution in [2.45, 2.75) is 63.3 Å². The summed E-state index contributed by atoms with van der Waals surface area (Å²) >= 11 is 1.67. The molecule has 2 aliphatic rings. The van der Waals surface area contributed by atoms with E-state index in [1.807, 2.05) is 12.1 Å². The summed E-state index contributed by atoms with van der Waals surface area (Å²) in [7, 11) is 0. The zero-order valence-corrected chi connectivity index (χ0v) is 13.6. The molecule has 0 saturated heterocycles. The smallest absolute Gasteiger partial charge is 0.233 e. The van der Waals surface area contributed by atoms with E-state index in [-0.39, 0.29) is 0 Å². The Morgan fingerprint density at radius 2 is 1.90 bits per heavy atom. The zero-order chi connectivity index (χ0) is 14.7. The minimum absolute atomic E-state index is 0.341. The average Bonchev–Trinajstić information content (AvgIpc) is 3.17. The molecule has 116 valence electrons. The summed E-state index contributed by atoms with van der Waals surface area (Å²) in [4.78, 5) is 14.8. The minimum atomic E-state index is 0.341. The van der Waals surface area contributed by atoms with E-state index in [1.165, 1.54) is 38.5 Å². The van der Waals surface area contributed by atoms with Gasteiger partial charge in [-0.2, -0.15) is 0 Å². The van der Waals surface area contributed by atoms with Gasteiger partial charge in [0.15, 0.2) is 0 Å². The summed E-state index contributed by atoms with van der Waals surface area (Å²) in [5.41, 5.74) is 0. The van der Waals surface area contributed by atoms with Crippen LogP contribution in [0.1, 0.15) is 51.2 Å². The molecule has 1 heterocycles. The molecule has 1 amide bonds. The van der Waals surface area contributed by atoms with E-state index in [0.29, 0.717) is 23.7 Å². The topological polar surface area (TPSA) is 33.5 Å². The third-order valence-corrected chi connectivity index (χ3v) is 5.60. The van der Waals surface area contributed by atoms with Crippen LogP contribution in [0.5, 0.6) is 0 Å². The third kappa shape index (κ3) is 4.06. The normalized spacial score (nSPS) is 25.8. The molecule has 1 aromatic rings. The Bertz CT molecular complexity index is 447. The molecular formula is C17H25NO2S. The Morgan fingerprint density at radius 1 is 1.24 bits per heavy atom. The van der Waals surface area contributed by atoms with Crippen LogP contribution in [0.4, 0.5) is 0 Å². The van der Waals surface area contributed by atoms with Crippen molar-refractivity contribution >= 4 is 17.7 Å². The SMILES string of the molecule is CC1CCC(N(C(=O)CSCc2ccco2)C2CC2)CC1. The van der Waals surface area contributed by atoms with Crippen molar-refractivity contribution in [2.24, 2.45) is 5.92 Å². The van der Waals surface area contributed by atoms with Gasteiger partial charge in [-0.3, -0.25) is 4.79 Å². The van der Waals surface area contributed by atoms with Gasteiger partial charge in [-0.05, 0) is 56.6 Å². The van der Waals surface area contributed by atoms with Gasteiger partial charge in [-0.1, -0.05) is 6.92 Å². The Kier molecular flexibility index (Phi) is 4.94. The molecule has 0 aromatic carbocycles. The molecule has 21 heavy (non-hydrogen) atoms. The maximum absolute atomic E-state index is 12.6. The van der Waals surface area contributed by atoms with Gasteiger partial charge in [0.05, 0.1) is 17.8 Å². The van der Waals surface area contributed by atoms with Crippen LogP contribution in [-0.4, -0.2) is 28.6 Å². The fourth-order valence-electron chi connectivity index (χ4n) is 3.29. The lowest BCUT2D eigenvalue weighted by molar-refractivity contribution is -0.132. The van der Waals surface area contributed by atoms with Gasteiger partial charge in [0, 0.05) is 12.1 Å². The standard InChI is InChI=1S/C17H25NO2S/c1-13-4-6-14(7-5-13)18(15-8-9-15)17(19)12-21-11-16-3-2-10-20-16/h2-3,10,13-15H,4-9,11-12H2,1H3. The summed E-state index contributed by atoms with van der Waals surface area (Å²) in [5.74, 6) is 3.51. The van der Waals surface area contributed by atoms with Crippen LogP contribution >= 0.6 is 11.8 Å². The fraction of sp³-hybridized carbons (Fsp3) is 0.706. The predicted octanol–water partition coefficient (Wildman–Crippen LogP) is 4.08. The van der Waals surface area contributed by atoms with Gasteiger partial charge < -0.3 is 9.32 Å². The van der Waals surface area contributed by atoms with Gasteiger partial charge in [0.2, 0.25) is 5.91 Å². The van der Waals surface area contributed by atoms with Crippen molar-refractivity contribution in [2.75, 3.05) is 5.75 Å². The third-order valence-electron chi connectivity index (χ3n) is 4.66. The molecular weight excluding hydrogens is 282 g/mol. The van der Waals surface area contributed by atoms with E-state index in [1.54, 1.807) is 18.0 Å². The summed E-state index contributed by atoms with van der Waals surface area (Å²) in [6, 6.07) is 4.92. The predicted molar refractivity (Wildman–Crippen MR) is 86.2 cm³/mol. The van der Waals surface area contributed by atoms with Crippen LogP contribution < -0.4 is 0 Å². The van der Waals surface area contributed by atoms with Crippen LogP contribution in [-0.2, 0) is 10.5 Å². The summed E-state index contributed by atoms with van der Waals surface area (Å²) < 4.78 is 5.32. The second-order valence-corrected chi connectivity index (χ2v) is 7.50. The van der Waals surface area contributed by atoms with Crippen LogP contribution in [0.2, 0.25) is 0 Å². The number of amides is 1. The van der Waals surface area contributed by atoms with Gasteiger partial charge in [0.25, 0.3) is 0 Å². The number of carbonyl (C=O) groups excluding carboxylic acids is 1. The first-order valence-corrected chi connectivity index (χ1v) is 9.31. The highest BCUT2D eigenvalue weighted by atomic mass is 32.2. The van der Waals surface area contributed by atoms with E-state index in [9.17, 15) is 4.79 Å². The number of hydrogen-bond donors (Lipinski definition) is 0. The summed E-state index contributed by atoms with van der Waals surface area (Å²) in [5, 5.41) is 0. The lowest BCUT2D eigenvalue weighted by Gasteiger charge is -2.36. The molecule has 3 nitrogen and oxygen atoms in total. The average molecular weight is 307 g/mol. The number of rotatable bonds is 6. The first kappa shape index (κ1) is 15.0. The monoisotopic (exact) mass is 307 g/mol. The number of thioether (sulfide) groups is 1.